The molecular formula is C21H27N5O4. The van der Waals surface area contributed by atoms with E-state index in [0.717, 1.165) is 19.3 Å². The first-order chi connectivity index (χ1) is 14.3. The van der Waals surface area contributed by atoms with Gasteiger partial charge in [-0.3, -0.25) is 29.6 Å². The number of fused-ring (bicyclic) bond motifs is 1. The number of carbonyl (C=O) groups is 2. The molecule has 1 atom stereocenters. The summed E-state index contributed by atoms with van der Waals surface area (Å²) in [6.45, 7) is 4.14. The van der Waals surface area contributed by atoms with Gasteiger partial charge in [-0.15, -0.1) is 0 Å². The summed E-state index contributed by atoms with van der Waals surface area (Å²) in [5, 5.41) is 13.9. The van der Waals surface area contributed by atoms with Crippen molar-refractivity contribution in [3.8, 4) is 0 Å². The molecule has 3 saturated carbocycles. The molecule has 1 unspecified atom stereocenters. The lowest BCUT2D eigenvalue weighted by molar-refractivity contribution is -0.385. The largest absolute Gasteiger partial charge is 0.350 e. The van der Waals surface area contributed by atoms with Crippen LogP contribution in [0.25, 0.3) is 0 Å². The van der Waals surface area contributed by atoms with Gasteiger partial charge in [0, 0.05) is 38.3 Å². The van der Waals surface area contributed by atoms with Crippen molar-refractivity contribution in [2.24, 2.45) is 16.7 Å². The zero-order valence-electron chi connectivity index (χ0n) is 17.4. The average molecular weight is 413 g/mol. The van der Waals surface area contributed by atoms with E-state index < -0.39 is 4.92 Å². The van der Waals surface area contributed by atoms with Crippen LogP contribution in [0, 0.1) is 33.8 Å². The van der Waals surface area contributed by atoms with Crippen molar-refractivity contribution in [3.05, 3.63) is 33.6 Å². The first kappa shape index (κ1) is 19.4. The van der Waals surface area contributed by atoms with Gasteiger partial charge in [-0.2, -0.15) is 0 Å². The van der Waals surface area contributed by atoms with E-state index in [1.165, 1.54) is 31.7 Å². The number of aryl methyl sites for hydroxylation is 1. The number of hydrogen-bond donors (Lipinski definition) is 1. The van der Waals surface area contributed by atoms with Crippen molar-refractivity contribution in [1.29, 1.82) is 0 Å². The molecule has 0 bridgehead atoms. The normalized spacial score (nSPS) is 25.9. The van der Waals surface area contributed by atoms with Gasteiger partial charge in [-0.05, 0) is 50.5 Å². The van der Waals surface area contributed by atoms with E-state index in [0.29, 0.717) is 35.5 Å². The zero-order valence-corrected chi connectivity index (χ0v) is 17.4. The molecular weight excluding hydrogens is 386 g/mol. The van der Waals surface area contributed by atoms with Crippen molar-refractivity contribution < 1.29 is 14.5 Å². The molecule has 1 aromatic heterocycles. The van der Waals surface area contributed by atoms with Gasteiger partial charge in [0.2, 0.25) is 5.91 Å². The number of nitro groups is 1. The lowest BCUT2D eigenvalue weighted by Crippen LogP contribution is -2.57. The molecule has 30 heavy (non-hydrogen) atoms. The Hall–Kier alpha value is -2.55. The fraction of sp³-hybridized carbons (Fsp3) is 0.667. The Labute approximate surface area is 175 Å². The van der Waals surface area contributed by atoms with Crippen LogP contribution in [0.2, 0.25) is 0 Å². The molecule has 9 nitrogen and oxygen atoms in total. The highest BCUT2D eigenvalue weighted by atomic mass is 16.6. The van der Waals surface area contributed by atoms with Gasteiger partial charge in [-0.25, -0.2) is 0 Å². The lowest BCUT2D eigenvalue weighted by atomic mass is 10.1. The minimum absolute atomic E-state index is 0.0164. The van der Waals surface area contributed by atoms with Gasteiger partial charge in [0.1, 0.15) is 6.20 Å². The second-order valence-electron chi connectivity index (χ2n) is 9.46. The van der Waals surface area contributed by atoms with Crippen LogP contribution in [0.15, 0.2) is 12.3 Å². The predicted octanol–water partition coefficient (Wildman–Crippen LogP) is 1.36. The minimum atomic E-state index is -0.557. The van der Waals surface area contributed by atoms with Gasteiger partial charge in [-0.1, -0.05) is 0 Å². The summed E-state index contributed by atoms with van der Waals surface area (Å²) in [5.74, 6) is 0.173. The number of likely N-dealkylation sites (N-methyl/N-ethyl adjacent to an activating group) is 1. The fourth-order valence-corrected chi connectivity index (χ4v) is 5.76. The third-order valence-electron chi connectivity index (χ3n) is 7.95. The van der Waals surface area contributed by atoms with Crippen LogP contribution < -0.4 is 5.32 Å². The standard InChI is InChI=1S/C21H27N5O4/c1-13-16(9-14(10-22-13)26(29)30)18(27)23-11-15-12-25(8-7-24(15)2)19(28)17-20(3-4-20)21(17)5-6-21/h9-10,15,17H,3-8,11-12H2,1-2H3,(H,23,27). The number of nitrogens with zero attached hydrogens (tertiary/aromatic N) is 4. The van der Waals surface area contributed by atoms with Gasteiger partial charge in [0.05, 0.1) is 22.1 Å². The number of rotatable bonds is 5. The Morgan fingerprint density at radius 3 is 2.53 bits per heavy atom. The lowest BCUT2D eigenvalue weighted by Gasteiger charge is -2.39. The summed E-state index contributed by atoms with van der Waals surface area (Å²) in [4.78, 5) is 44.4. The molecule has 4 aliphatic rings. The SMILES string of the molecule is Cc1ncc([N+](=O)[O-])cc1C(=O)NCC1CN(C(=O)C2C3(CC3)C23CC3)CCN1C. The van der Waals surface area contributed by atoms with E-state index in [2.05, 4.69) is 15.2 Å². The van der Waals surface area contributed by atoms with E-state index in [4.69, 9.17) is 0 Å². The van der Waals surface area contributed by atoms with Crippen molar-refractivity contribution in [1.82, 2.24) is 20.1 Å². The van der Waals surface area contributed by atoms with E-state index >= 15 is 0 Å². The minimum Gasteiger partial charge on any atom is -0.350 e. The Morgan fingerprint density at radius 1 is 1.27 bits per heavy atom. The number of aromatic nitrogens is 1. The maximum Gasteiger partial charge on any atom is 0.288 e. The van der Waals surface area contributed by atoms with Crippen molar-refractivity contribution in [3.63, 3.8) is 0 Å². The van der Waals surface area contributed by atoms with Crippen molar-refractivity contribution >= 4 is 17.5 Å². The second kappa shape index (κ2) is 6.47. The first-order valence-corrected chi connectivity index (χ1v) is 10.7. The topological polar surface area (TPSA) is 109 Å². The summed E-state index contributed by atoms with van der Waals surface area (Å²) in [7, 11) is 2.00. The number of hydrogen-bond acceptors (Lipinski definition) is 6. The molecule has 2 heterocycles. The third kappa shape index (κ3) is 2.82. The third-order valence-corrected chi connectivity index (χ3v) is 7.95. The molecule has 1 N–H and O–H groups in total. The summed E-state index contributed by atoms with van der Waals surface area (Å²) >= 11 is 0. The maximum absolute atomic E-state index is 13.2. The fourth-order valence-electron chi connectivity index (χ4n) is 5.76. The van der Waals surface area contributed by atoms with Gasteiger partial charge >= 0.3 is 0 Å². The van der Waals surface area contributed by atoms with E-state index in [1.54, 1.807) is 6.92 Å². The quantitative estimate of drug-likeness (QED) is 0.577. The maximum atomic E-state index is 13.2. The summed E-state index contributed by atoms with van der Waals surface area (Å²) in [6, 6.07) is 1.28. The number of amides is 2. The highest BCUT2D eigenvalue weighted by Gasteiger charge is 2.88. The number of carbonyl (C=O) groups excluding carboxylic acids is 2. The van der Waals surface area contributed by atoms with Crippen LogP contribution in [0.3, 0.4) is 0 Å². The highest BCUT2D eigenvalue weighted by molar-refractivity contribution is 5.95. The molecule has 2 spiro atoms. The molecule has 0 radical (unpaired) electrons. The molecule has 4 fully saturated rings. The molecule has 1 aromatic rings. The molecule has 1 aliphatic heterocycles. The Kier molecular flexibility index (Phi) is 4.19. The zero-order chi connectivity index (χ0) is 21.3. The molecule has 1 saturated heterocycles. The number of nitrogens with one attached hydrogen (secondary N) is 1. The van der Waals surface area contributed by atoms with Crippen LogP contribution in [-0.4, -0.2) is 70.8 Å². The summed E-state index contributed by atoms with van der Waals surface area (Å²) in [5.41, 5.74) is 1.16. The number of piperazine rings is 1. The van der Waals surface area contributed by atoms with Gasteiger partial charge < -0.3 is 10.2 Å². The van der Waals surface area contributed by atoms with E-state index in [-0.39, 0.29) is 29.1 Å². The van der Waals surface area contributed by atoms with Crippen LogP contribution >= 0.6 is 0 Å². The Morgan fingerprint density at radius 2 is 1.93 bits per heavy atom. The smallest absolute Gasteiger partial charge is 0.288 e. The molecule has 5 rings (SSSR count). The van der Waals surface area contributed by atoms with Crippen molar-refractivity contribution in [2.75, 3.05) is 33.2 Å². The first-order valence-electron chi connectivity index (χ1n) is 10.7. The molecule has 2 amide bonds. The molecule has 3 aliphatic carbocycles. The van der Waals surface area contributed by atoms with Crippen LogP contribution in [0.5, 0.6) is 0 Å². The molecule has 0 aromatic carbocycles. The molecule has 9 heteroatoms. The van der Waals surface area contributed by atoms with Gasteiger partial charge in [0.25, 0.3) is 11.6 Å². The van der Waals surface area contributed by atoms with Crippen LogP contribution in [0.4, 0.5) is 5.69 Å². The van der Waals surface area contributed by atoms with E-state index in [1.807, 2.05) is 11.9 Å². The Balaban J connectivity index is 1.21. The second-order valence-corrected chi connectivity index (χ2v) is 9.46. The Bertz CT molecular complexity index is 921. The highest BCUT2D eigenvalue weighted by Crippen LogP contribution is 2.92. The summed E-state index contributed by atoms with van der Waals surface area (Å²) < 4.78 is 0. The monoisotopic (exact) mass is 413 g/mol. The number of pyridine rings is 1. The summed E-state index contributed by atoms with van der Waals surface area (Å²) in [6.07, 6.45) is 6.02. The van der Waals surface area contributed by atoms with Gasteiger partial charge in [0.15, 0.2) is 0 Å². The van der Waals surface area contributed by atoms with Crippen LogP contribution in [0.1, 0.15) is 41.7 Å². The van der Waals surface area contributed by atoms with Crippen LogP contribution in [-0.2, 0) is 4.79 Å². The van der Waals surface area contributed by atoms with Crippen molar-refractivity contribution in [2.45, 2.75) is 38.6 Å². The average Bonchev–Trinajstić information content (AvgIpc) is 3.64. The predicted molar refractivity (Wildman–Crippen MR) is 108 cm³/mol. The van der Waals surface area contributed by atoms with E-state index in [9.17, 15) is 19.7 Å². The molecule has 160 valence electrons.